The fourth-order valence-electron chi connectivity index (χ4n) is 6.58. The van der Waals surface area contributed by atoms with Crippen molar-refractivity contribution in [3.05, 3.63) is 102 Å². The first-order chi connectivity index (χ1) is 19.6. The van der Waals surface area contributed by atoms with E-state index in [-0.39, 0.29) is 36.4 Å². The normalized spacial score (nSPS) is 18.8. The van der Waals surface area contributed by atoms with Crippen molar-refractivity contribution in [2.75, 3.05) is 6.54 Å². The fourth-order valence-corrected chi connectivity index (χ4v) is 6.58. The topological polar surface area (TPSA) is 58.4 Å². The number of fused-ring (bicyclic) bond motifs is 1. The highest BCUT2D eigenvalue weighted by Crippen LogP contribution is 2.35. The quantitative estimate of drug-likeness (QED) is 0.260. The van der Waals surface area contributed by atoms with Gasteiger partial charge >= 0.3 is 0 Å². The molecule has 1 saturated carbocycles. The monoisotopic (exact) mass is 534 g/mol. The number of likely N-dealkylation sites (tertiary alicyclic amines) is 1. The SMILES string of the molecule is CC(c1ccccc1)N1CC(c2nc3ccccc3n2CC(=O)N(Cc2ccccc2)C2CCCCC2)CC1=O. The molecule has 2 amide bonds. The van der Waals surface area contributed by atoms with Crippen LogP contribution in [0.2, 0.25) is 0 Å². The summed E-state index contributed by atoms with van der Waals surface area (Å²) < 4.78 is 2.09. The van der Waals surface area contributed by atoms with Crippen LogP contribution in [-0.4, -0.2) is 43.8 Å². The highest BCUT2D eigenvalue weighted by Gasteiger charge is 2.37. The third-order valence-electron chi connectivity index (χ3n) is 8.78. The van der Waals surface area contributed by atoms with Gasteiger partial charge in [0.25, 0.3) is 0 Å². The van der Waals surface area contributed by atoms with Gasteiger partial charge in [0.05, 0.1) is 17.1 Å². The Labute approximate surface area is 236 Å². The highest BCUT2D eigenvalue weighted by molar-refractivity contribution is 5.83. The summed E-state index contributed by atoms with van der Waals surface area (Å²) in [7, 11) is 0. The van der Waals surface area contributed by atoms with E-state index >= 15 is 0 Å². The number of carbonyl (C=O) groups is 2. The Morgan fingerprint density at radius 1 is 0.925 bits per heavy atom. The fraction of sp³-hybridized carbons (Fsp3) is 0.382. The lowest BCUT2D eigenvalue weighted by Gasteiger charge is -2.35. The zero-order chi connectivity index (χ0) is 27.5. The molecule has 6 heteroatoms. The number of amides is 2. The number of hydrogen-bond acceptors (Lipinski definition) is 3. The Bertz CT molecular complexity index is 1460. The molecule has 2 aliphatic rings. The predicted molar refractivity (Wildman–Crippen MR) is 158 cm³/mol. The second-order valence-corrected chi connectivity index (χ2v) is 11.4. The lowest BCUT2D eigenvalue weighted by molar-refractivity contribution is -0.135. The molecule has 2 atom stereocenters. The molecule has 0 radical (unpaired) electrons. The van der Waals surface area contributed by atoms with Crippen molar-refractivity contribution >= 4 is 22.8 Å². The van der Waals surface area contributed by atoms with Crippen LogP contribution in [0.4, 0.5) is 0 Å². The first-order valence-electron chi connectivity index (χ1n) is 14.7. The molecular weight excluding hydrogens is 496 g/mol. The van der Waals surface area contributed by atoms with Gasteiger partial charge in [-0.2, -0.15) is 0 Å². The first kappa shape index (κ1) is 26.3. The van der Waals surface area contributed by atoms with Crippen molar-refractivity contribution in [2.45, 2.75) is 76.5 Å². The summed E-state index contributed by atoms with van der Waals surface area (Å²) in [6.07, 6.45) is 6.10. The number of carbonyl (C=O) groups excluding carboxylic acids is 2. The minimum atomic E-state index is -0.0592. The van der Waals surface area contributed by atoms with E-state index in [0.717, 1.165) is 40.8 Å². The average molecular weight is 535 g/mol. The summed E-state index contributed by atoms with van der Waals surface area (Å²) in [4.78, 5) is 36.5. The Morgan fingerprint density at radius 3 is 2.35 bits per heavy atom. The maximum absolute atomic E-state index is 14.1. The van der Waals surface area contributed by atoms with Gasteiger partial charge in [0, 0.05) is 31.5 Å². The largest absolute Gasteiger partial charge is 0.335 e. The summed E-state index contributed by atoms with van der Waals surface area (Å²) in [6, 6.07) is 28.8. The number of hydrogen-bond donors (Lipinski definition) is 0. The summed E-state index contributed by atoms with van der Waals surface area (Å²) in [5, 5.41) is 0. The molecule has 40 heavy (non-hydrogen) atoms. The van der Waals surface area contributed by atoms with Crippen molar-refractivity contribution in [1.82, 2.24) is 19.4 Å². The van der Waals surface area contributed by atoms with Gasteiger partial charge in [0.15, 0.2) is 0 Å². The van der Waals surface area contributed by atoms with E-state index < -0.39 is 0 Å². The molecule has 1 aliphatic carbocycles. The molecule has 3 aromatic carbocycles. The van der Waals surface area contributed by atoms with Gasteiger partial charge in [-0.1, -0.05) is 92.1 Å². The molecule has 2 heterocycles. The third-order valence-corrected chi connectivity index (χ3v) is 8.78. The molecule has 0 spiro atoms. The van der Waals surface area contributed by atoms with E-state index in [9.17, 15) is 9.59 Å². The van der Waals surface area contributed by atoms with Gasteiger partial charge in [-0.15, -0.1) is 0 Å². The molecule has 2 fully saturated rings. The predicted octanol–water partition coefficient (Wildman–Crippen LogP) is 6.47. The first-order valence-corrected chi connectivity index (χ1v) is 14.7. The van der Waals surface area contributed by atoms with Crippen LogP contribution in [0, 0.1) is 0 Å². The third kappa shape index (κ3) is 5.40. The summed E-state index contributed by atoms with van der Waals surface area (Å²) >= 11 is 0. The lowest BCUT2D eigenvalue weighted by Crippen LogP contribution is -2.42. The number of para-hydroxylation sites is 2. The second kappa shape index (κ2) is 11.7. The van der Waals surface area contributed by atoms with Gasteiger partial charge in [0.2, 0.25) is 11.8 Å². The molecule has 1 saturated heterocycles. The van der Waals surface area contributed by atoms with Crippen molar-refractivity contribution in [3.63, 3.8) is 0 Å². The molecule has 1 aliphatic heterocycles. The van der Waals surface area contributed by atoms with E-state index in [2.05, 4.69) is 40.7 Å². The minimum Gasteiger partial charge on any atom is -0.335 e. The number of imidazole rings is 1. The Balaban J connectivity index is 1.29. The van der Waals surface area contributed by atoms with Crippen LogP contribution in [0.15, 0.2) is 84.9 Å². The zero-order valence-electron chi connectivity index (χ0n) is 23.3. The van der Waals surface area contributed by atoms with Crippen molar-refractivity contribution in [1.29, 1.82) is 0 Å². The molecule has 4 aromatic rings. The molecule has 0 N–H and O–H groups in total. The molecule has 6 nitrogen and oxygen atoms in total. The van der Waals surface area contributed by atoms with Crippen LogP contribution in [0.1, 0.15) is 74.4 Å². The summed E-state index contributed by atoms with van der Waals surface area (Å²) in [5.41, 5.74) is 4.11. The maximum Gasteiger partial charge on any atom is 0.243 e. The maximum atomic E-state index is 14.1. The van der Waals surface area contributed by atoms with Crippen LogP contribution in [-0.2, 0) is 22.7 Å². The molecular formula is C34H38N4O2. The Hall–Kier alpha value is -3.93. The number of nitrogens with zero attached hydrogens (tertiary/aromatic N) is 4. The summed E-state index contributed by atoms with van der Waals surface area (Å²) in [6.45, 7) is 3.55. The summed E-state index contributed by atoms with van der Waals surface area (Å²) in [5.74, 6) is 1.04. The van der Waals surface area contributed by atoms with Crippen LogP contribution in [0.3, 0.4) is 0 Å². The van der Waals surface area contributed by atoms with Crippen molar-refractivity contribution in [2.24, 2.45) is 0 Å². The van der Waals surface area contributed by atoms with Crippen LogP contribution in [0.5, 0.6) is 0 Å². The van der Waals surface area contributed by atoms with E-state index in [0.29, 0.717) is 19.5 Å². The number of rotatable bonds is 8. The van der Waals surface area contributed by atoms with Gasteiger partial charge in [-0.05, 0) is 43.0 Å². The average Bonchev–Trinajstić information content (AvgIpc) is 3.57. The van der Waals surface area contributed by atoms with Gasteiger partial charge in [0.1, 0.15) is 12.4 Å². The van der Waals surface area contributed by atoms with Crippen LogP contribution < -0.4 is 0 Å². The van der Waals surface area contributed by atoms with E-state index in [1.54, 1.807) is 0 Å². The lowest BCUT2D eigenvalue weighted by atomic mass is 9.93. The van der Waals surface area contributed by atoms with Gasteiger partial charge < -0.3 is 14.4 Å². The van der Waals surface area contributed by atoms with Gasteiger partial charge in [-0.25, -0.2) is 4.98 Å². The van der Waals surface area contributed by atoms with E-state index in [1.165, 1.54) is 19.3 Å². The standard InChI is InChI=1S/C34H38N4O2/c1-25(27-15-7-3-8-16-27)36-23-28(21-32(36)39)34-35-30-19-11-12-20-31(30)38(34)24-33(40)37(29-17-9-4-10-18-29)22-26-13-5-2-6-14-26/h2-3,5-8,11-16,19-20,25,28-29H,4,9-10,17-18,21-24H2,1H3. The number of aromatic nitrogens is 2. The molecule has 0 bridgehead atoms. The van der Waals surface area contributed by atoms with Crippen LogP contribution in [0.25, 0.3) is 11.0 Å². The molecule has 6 rings (SSSR count). The highest BCUT2D eigenvalue weighted by atomic mass is 16.2. The molecule has 2 unspecified atom stereocenters. The van der Waals surface area contributed by atoms with E-state index in [1.807, 2.05) is 65.6 Å². The zero-order valence-corrected chi connectivity index (χ0v) is 23.3. The van der Waals surface area contributed by atoms with Crippen molar-refractivity contribution in [3.8, 4) is 0 Å². The molecule has 206 valence electrons. The van der Waals surface area contributed by atoms with Crippen LogP contribution >= 0.6 is 0 Å². The number of benzene rings is 3. The minimum absolute atomic E-state index is 0.00849. The Morgan fingerprint density at radius 2 is 1.60 bits per heavy atom. The smallest absolute Gasteiger partial charge is 0.243 e. The Kier molecular flexibility index (Phi) is 7.67. The second-order valence-electron chi connectivity index (χ2n) is 11.4. The van der Waals surface area contributed by atoms with Crippen molar-refractivity contribution < 1.29 is 9.59 Å². The van der Waals surface area contributed by atoms with Gasteiger partial charge in [-0.3, -0.25) is 9.59 Å². The molecule has 1 aromatic heterocycles. The van der Waals surface area contributed by atoms with E-state index in [4.69, 9.17) is 4.98 Å².